The number of rotatable bonds is 1. The van der Waals surface area contributed by atoms with E-state index in [1.54, 1.807) is 6.20 Å². The second-order valence-corrected chi connectivity index (χ2v) is 3.40. The fourth-order valence-corrected chi connectivity index (χ4v) is 1.53. The molecule has 1 aromatic heterocycles. The molecular formula is C9H11FN2. The maximum atomic E-state index is 12.7. The summed E-state index contributed by atoms with van der Waals surface area (Å²) < 4.78 is 12.7. The second kappa shape index (κ2) is 2.52. The molecule has 2 rings (SSSR count). The van der Waals surface area contributed by atoms with Crippen LogP contribution in [0.2, 0.25) is 0 Å². The Labute approximate surface area is 70.6 Å². The molecule has 2 N–H and O–H groups in total. The Morgan fingerprint density at radius 2 is 2.17 bits per heavy atom. The minimum absolute atomic E-state index is 0.297. The lowest BCUT2D eigenvalue weighted by Gasteiger charge is -2.38. The Morgan fingerprint density at radius 1 is 1.42 bits per heavy atom. The summed E-state index contributed by atoms with van der Waals surface area (Å²) in [6.07, 6.45) is 5.87. The summed E-state index contributed by atoms with van der Waals surface area (Å²) in [6.45, 7) is 0. The lowest BCUT2D eigenvalue weighted by Crippen LogP contribution is -2.43. The number of nitrogens with two attached hydrogens (primary N) is 1. The van der Waals surface area contributed by atoms with Gasteiger partial charge in [0.1, 0.15) is 5.82 Å². The normalized spacial score (nSPS) is 20.2. The van der Waals surface area contributed by atoms with E-state index in [1.165, 1.54) is 12.3 Å². The van der Waals surface area contributed by atoms with Crippen molar-refractivity contribution in [2.75, 3.05) is 0 Å². The molecule has 0 spiro atoms. The zero-order valence-electron chi connectivity index (χ0n) is 6.76. The second-order valence-electron chi connectivity index (χ2n) is 3.40. The van der Waals surface area contributed by atoms with Crippen LogP contribution in [0.5, 0.6) is 0 Å². The van der Waals surface area contributed by atoms with E-state index in [1.807, 2.05) is 0 Å². The largest absolute Gasteiger partial charge is 0.321 e. The molecule has 0 saturated heterocycles. The lowest BCUT2D eigenvalue weighted by molar-refractivity contribution is 0.252. The highest BCUT2D eigenvalue weighted by Gasteiger charge is 2.34. The summed E-state index contributed by atoms with van der Waals surface area (Å²) in [5.74, 6) is -0.302. The first kappa shape index (κ1) is 7.68. The molecule has 0 aromatic carbocycles. The lowest BCUT2D eigenvalue weighted by atomic mass is 9.73. The first-order valence-electron chi connectivity index (χ1n) is 4.11. The van der Waals surface area contributed by atoms with E-state index in [4.69, 9.17) is 5.73 Å². The average molecular weight is 166 g/mol. The van der Waals surface area contributed by atoms with Crippen LogP contribution in [0.3, 0.4) is 0 Å². The Balaban J connectivity index is 2.33. The van der Waals surface area contributed by atoms with Gasteiger partial charge in [-0.2, -0.15) is 0 Å². The minimum atomic E-state index is -0.302. The third kappa shape index (κ3) is 1.10. The topological polar surface area (TPSA) is 38.9 Å². The third-order valence-electron chi connectivity index (χ3n) is 2.53. The summed E-state index contributed by atoms with van der Waals surface area (Å²) in [5, 5.41) is 0. The number of pyridine rings is 1. The maximum Gasteiger partial charge on any atom is 0.141 e. The van der Waals surface area contributed by atoms with Gasteiger partial charge >= 0.3 is 0 Å². The number of nitrogens with zero attached hydrogens (tertiary/aromatic N) is 1. The van der Waals surface area contributed by atoms with Crippen LogP contribution in [-0.2, 0) is 5.54 Å². The highest BCUT2D eigenvalue weighted by molar-refractivity contribution is 5.23. The summed E-state index contributed by atoms with van der Waals surface area (Å²) in [7, 11) is 0. The van der Waals surface area contributed by atoms with E-state index in [0.29, 0.717) is 0 Å². The van der Waals surface area contributed by atoms with E-state index in [-0.39, 0.29) is 11.4 Å². The van der Waals surface area contributed by atoms with Crippen molar-refractivity contribution >= 4 is 0 Å². The van der Waals surface area contributed by atoms with Crippen LogP contribution >= 0.6 is 0 Å². The predicted octanol–water partition coefficient (Wildman–Crippen LogP) is 1.56. The molecule has 1 aromatic rings. The highest BCUT2D eigenvalue weighted by Crippen LogP contribution is 2.38. The zero-order chi connectivity index (χ0) is 8.60. The summed E-state index contributed by atoms with van der Waals surface area (Å²) in [5.41, 5.74) is 6.52. The molecule has 1 aliphatic rings. The first-order chi connectivity index (χ1) is 5.71. The van der Waals surface area contributed by atoms with Crippen molar-refractivity contribution in [2.45, 2.75) is 24.8 Å². The number of hydrogen-bond acceptors (Lipinski definition) is 2. The number of hydrogen-bond donors (Lipinski definition) is 1. The standard InChI is InChI=1S/C9H11FN2/c10-8-4-7(5-12-6-8)9(11)2-1-3-9/h4-6H,1-3,11H2. The molecule has 0 amide bonds. The molecule has 64 valence electrons. The third-order valence-corrected chi connectivity index (χ3v) is 2.53. The molecule has 0 bridgehead atoms. The van der Waals surface area contributed by atoms with E-state index in [9.17, 15) is 4.39 Å². The van der Waals surface area contributed by atoms with E-state index in [0.717, 1.165) is 24.8 Å². The van der Waals surface area contributed by atoms with Crippen molar-refractivity contribution in [3.63, 3.8) is 0 Å². The molecule has 12 heavy (non-hydrogen) atoms. The van der Waals surface area contributed by atoms with Crippen LogP contribution in [0.25, 0.3) is 0 Å². The number of aromatic nitrogens is 1. The fraction of sp³-hybridized carbons (Fsp3) is 0.444. The van der Waals surface area contributed by atoms with Crippen LogP contribution in [0.15, 0.2) is 18.5 Å². The van der Waals surface area contributed by atoms with Crippen LogP contribution in [-0.4, -0.2) is 4.98 Å². The quantitative estimate of drug-likeness (QED) is 0.687. The van der Waals surface area contributed by atoms with Gasteiger partial charge in [-0.15, -0.1) is 0 Å². The van der Waals surface area contributed by atoms with Gasteiger partial charge in [-0.25, -0.2) is 4.39 Å². The van der Waals surface area contributed by atoms with E-state index in [2.05, 4.69) is 4.98 Å². The van der Waals surface area contributed by atoms with Gasteiger partial charge in [0.2, 0.25) is 0 Å². The zero-order valence-corrected chi connectivity index (χ0v) is 6.76. The van der Waals surface area contributed by atoms with Gasteiger partial charge < -0.3 is 5.73 Å². The predicted molar refractivity (Wildman–Crippen MR) is 43.9 cm³/mol. The molecule has 0 atom stereocenters. The molecule has 1 fully saturated rings. The molecule has 1 heterocycles. The van der Waals surface area contributed by atoms with E-state index >= 15 is 0 Å². The molecule has 0 aliphatic heterocycles. The van der Waals surface area contributed by atoms with Crippen LogP contribution in [0, 0.1) is 5.82 Å². The van der Waals surface area contributed by atoms with Crippen molar-refractivity contribution in [3.05, 3.63) is 29.8 Å². The van der Waals surface area contributed by atoms with Crippen molar-refractivity contribution in [2.24, 2.45) is 5.73 Å². The molecule has 0 radical (unpaired) electrons. The van der Waals surface area contributed by atoms with Gasteiger partial charge in [-0.05, 0) is 30.9 Å². The van der Waals surface area contributed by atoms with Crippen molar-refractivity contribution in [3.8, 4) is 0 Å². The Kier molecular flexibility index (Phi) is 1.61. The van der Waals surface area contributed by atoms with Crippen molar-refractivity contribution in [1.82, 2.24) is 4.98 Å². The van der Waals surface area contributed by atoms with Crippen LogP contribution < -0.4 is 5.73 Å². The summed E-state index contributed by atoms with van der Waals surface area (Å²) in [6, 6.07) is 1.48. The maximum absolute atomic E-state index is 12.7. The van der Waals surface area contributed by atoms with Gasteiger partial charge in [0, 0.05) is 11.7 Å². The summed E-state index contributed by atoms with van der Waals surface area (Å²) in [4.78, 5) is 3.78. The Morgan fingerprint density at radius 3 is 2.67 bits per heavy atom. The molecule has 3 heteroatoms. The van der Waals surface area contributed by atoms with Crippen molar-refractivity contribution in [1.29, 1.82) is 0 Å². The van der Waals surface area contributed by atoms with Crippen LogP contribution in [0.1, 0.15) is 24.8 Å². The first-order valence-corrected chi connectivity index (χ1v) is 4.11. The van der Waals surface area contributed by atoms with Gasteiger partial charge in [0.15, 0.2) is 0 Å². The molecule has 1 aliphatic carbocycles. The van der Waals surface area contributed by atoms with Gasteiger partial charge in [0.25, 0.3) is 0 Å². The van der Waals surface area contributed by atoms with Crippen molar-refractivity contribution < 1.29 is 4.39 Å². The van der Waals surface area contributed by atoms with Crippen LogP contribution in [0.4, 0.5) is 4.39 Å². The average Bonchev–Trinajstić information content (AvgIpc) is 2.00. The highest BCUT2D eigenvalue weighted by atomic mass is 19.1. The van der Waals surface area contributed by atoms with Gasteiger partial charge in [-0.1, -0.05) is 0 Å². The monoisotopic (exact) mass is 166 g/mol. The molecule has 1 saturated carbocycles. The Bertz CT molecular complexity index is 294. The van der Waals surface area contributed by atoms with E-state index < -0.39 is 0 Å². The molecule has 2 nitrogen and oxygen atoms in total. The molecule has 0 unspecified atom stereocenters. The Hall–Kier alpha value is -0.960. The fourth-order valence-electron chi connectivity index (χ4n) is 1.53. The van der Waals surface area contributed by atoms with Gasteiger partial charge in [-0.3, -0.25) is 4.98 Å². The number of halogens is 1. The smallest absolute Gasteiger partial charge is 0.141 e. The summed E-state index contributed by atoms with van der Waals surface area (Å²) >= 11 is 0. The van der Waals surface area contributed by atoms with Gasteiger partial charge in [0.05, 0.1) is 6.20 Å². The minimum Gasteiger partial charge on any atom is -0.321 e. The SMILES string of the molecule is NC1(c2cncc(F)c2)CCC1. The molecular weight excluding hydrogens is 155 g/mol.